The van der Waals surface area contributed by atoms with Gasteiger partial charge in [0.25, 0.3) is 0 Å². The molecule has 6 heteroatoms. The molecule has 0 aliphatic carbocycles. The van der Waals surface area contributed by atoms with Gasteiger partial charge in [0.15, 0.2) is 5.75 Å². The van der Waals surface area contributed by atoms with Crippen LogP contribution < -0.4 is 4.74 Å². The maximum atomic E-state index is 12.2. The normalized spacial score (nSPS) is 10.2. The van der Waals surface area contributed by atoms with Gasteiger partial charge in [0.2, 0.25) is 0 Å². The third-order valence-electron chi connectivity index (χ3n) is 2.77. The van der Waals surface area contributed by atoms with Crippen molar-refractivity contribution in [1.82, 2.24) is 0 Å². The molecule has 0 saturated heterocycles. The van der Waals surface area contributed by atoms with Crippen LogP contribution in [0.5, 0.6) is 11.5 Å². The molecular weight excluding hydrogens is 315 g/mol. The molecule has 21 heavy (non-hydrogen) atoms. The molecule has 0 radical (unpaired) electrons. The van der Waals surface area contributed by atoms with Gasteiger partial charge in [-0.05, 0) is 5.56 Å². The number of ether oxygens (including phenoxy) is 2. The summed E-state index contributed by atoms with van der Waals surface area (Å²) in [6.07, 6.45) is 0. The molecule has 0 amide bonds. The molecule has 4 nitrogen and oxygen atoms in total. The van der Waals surface area contributed by atoms with E-state index in [-0.39, 0.29) is 33.7 Å². The first-order valence-electron chi connectivity index (χ1n) is 6.00. The molecule has 0 unspecified atom stereocenters. The van der Waals surface area contributed by atoms with Crippen molar-refractivity contribution in [1.29, 1.82) is 0 Å². The number of carbonyl (C=O) groups is 1. The van der Waals surface area contributed by atoms with Crippen LogP contribution in [-0.2, 0) is 11.3 Å². The van der Waals surface area contributed by atoms with Crippen LogP contribution in [0.2, 0.25) is 10.0 Å². The molecule has 0 bridgehead atoms. The first kappa shape index (κ1) is 15.5. The van der Waals surface area contributed by atoms with Gasteiger partial charge in [-0.25, -0.2) is 4.79 Å². The SMILES string of the molecule is COc1c(Cl)cc(O)c(Cl)c1C(=O)OCc1ccccc1. The summed E-state index contributed by atoms with van der Waals surface area (Å²) < 4.78 is 10.2. The van der Waals surface area contributed by atoms with E-state index in [1.165, 1.54) is 13.2 Å². The highest BCUT2D eigenvalue weighted by molar-refractivity contribution is 6.38. The Hall–Kier alpha value is -1.91. The standard InChI is InChI=1S/C15H12Cl2O4/c1-20-14-10(16)7-11(18)13(17)12(14)15(19)21-8-9-5-3-2-4-6-9/h2-7,18H,8H2,1H3. The Kier molecular flexibility index (Phi) is 4.94. The lowest BCUT2D eigenvalue weighted by Crippen LogP contribution is -2.08. The molecule has 110 valence electrons. The Balaban J connectivity index is 2.27. The van der Waals surface area contributed by atoms with E-state index >= 15 is 0 Å². The monoisotopic (exact) mass is 326 g/mol. The Bertz CT molecular complexity index is 656. The summed E-state index contributed by atoms with van der Waals surface area (Å²) in [6.45, 7) is 0.0758. The minimum absolute atomic E-state index is 0.0672. The molecule has 0 aliphatic rings. The maximum absolute atomic E-state index is 12.2. The molecule has 1 N–H and O–H groups in total. The summed E-state index contributed by atoms with van der Waals surface area (Å²) in [6, 6.07) is 10.4. The molecule has 0 atom stereocenters. The van der Waals surface area contributed by atoms with Crippen LogP contribution in [-0.4, -0.2) is 18.2 Å². The number of rotatable bonds is 4. The molecule has 2 rings (SSSR count). The third-order valence-corrected chi connectivity index (χ3v) is 3.44. The quantitative estimate of drug-likeness (QED) is 0.860. The van der Waals surface area contributed by atoms with Crippen LogP contribution in [0.4, 0.5) is 0 Å². The van der Waals surface area contributed by atoms with Gasteiger partial charge < -0.3 is 14.6 Å². The zero-order valence-corrected chi connectivity index (χ0v) is 12.6. The van der Waals surface area contributed by atoms with Crippen molar-refractivity contribution < 1.29 is 19.4 Å². The zero-order chi connectivity index (χ0) is 15.4. The van der Waals surface area contributed by atoms with Crippen molar-refractivity contribution in [3.8, 4) is 11.5 Å². The highest BCUT2D eigenvalue weighted by Gasteiger charge is 2.24. The minimum atomic E-state index is -0.724. The summed E-state index contributed by atoms with van der Waals surface area (Å²) in [5.74, 6) is -0.967. The first-order valence-corrected chi connectivity index (χ1v) is 6.76. The van der Waals surface area contributed by atoms with Crippen LogP contribution in [0.15, 0.2) is 36.4 Å². The number of hydrogen-bond donors (Lipinski definition) is 1. The van der Waals surface area contributed by atoms with Crippen LogP contribution in [0, 0.1) is 0 Å². The molecular formula is C15H12Cl2O4. The van der Waals surface area contributed by atoms with Crippen LogP contribution in [0.25, 0.3) is 0 Å². The second kappa shape index (κ2) is 6.70. The number of hydrogen-bond acceptors (Lipinski definition) is 4. The van der Waals surface area contributed by atoms with Gasteiger partial charge in [0.1, 0.15) is 22.9 Å². The molecule has 0 saturated carbocycles. The lowest BCUT2D eigenvalue weighted by molar-refractivity contribution is 0.0469. The molecule has 2 aromatic carbocycles. The van der Waals surface area contributed by atoms with Crippen molar-refractivity contribution in [2.75, 3.05) is 7.11 Å². The van der Waals surface area contributed by atoms with Gasteiger partial charge in [-0.15, -0.1) is 0 Å². The Morgan fingerprint density at radius 2 is 1.90 bits per heavy atom. The number of benzene rings is 2. The van der Waals surface area contributed by atoms with E-state index in [0.29, 0.717) is 0 Å². The van der Waals surface area contributed by atoms with E-state index in [0.717, 1.165) is 5.56 Å². The van der Waals surface area contributed by atoms with E-state index < -0.39 is 5.97 Å². The van der Waals surface area contributed by atoms with Gasteiger partial charge >= 0.3 is 5.97 Å². The third kappa shape index (κ3) is 3.40. The average Bonchev–Trinajstić information content (AvgIpc) is 2.49. The van der Waals surface area contributed by atoms with Crippen LogP contribution in [0.3, 0.4) is 0 Å². The predicted molar refractivity (Wildman–Crippen MR) is 80.2 cm³/mol. The topological polar surface area (TPSA) is 55.8 Å². The van der Waals surface area contributed by atoms with Gasteiger partial charge in [-0.3, -0.25) is 0 Å². The molecule has 0 heterocycles. The predicted octanol–water partition coefficient (Wildman–Crippen LogP) is 4.06. The van der Waals surface area contributed by atoms with Crippen molar-refractivity contribution in [3.05, 3.63) is 57.6 Å². The van der Waals surface area contributed by atoms with Crippen molar-refractivity contribution in [2.45, 2.75) is 6.61 Å². The summed E-state index contributed by atoms with van der Waals surface area (Å²) in [7, 11) is 1.35. The van der Waals surface area contributed by atoms with E-state index in [4.69, 9.17) is 32.7 Å². The maximum Gasteiger partial charge on any atom is 0.344 e. The molecule has 2 aromatic rings. The number of esters is 1. The first-order chi connectivity index (χ1) is 10.0. The fourth-order valence-electron chi connectivity index (χ4n) is 1.77. The smallest absolute Gasteiger partial charge is 0.344 e. The van der Waals surface area contributed by atoms with Gasteiger partial charge in [-0.1, -0.05) is 53.5 Å². The Morgan fingerprint density at radius 3 is 2.52 bits per heavy atom. The highest BCUT2D eigenvalue weighted by atomic mass is 35.5. The molecule has 0 aliphatic heterocycles. The summed E-state index contributed by atoms with van der Waals surface area (Å²) >= 11 is 11.9. The highest BCUT2D eigenvalue weighted by Crippen LogP contribution is 2.40. The molecule has 0 spiro atoms. The largest absolute Gasteiger partial charge is 0.506 e. The van der Waals surface area contributed by atoms with Gasteiger partial charge in [0.05, 0.1) is 12.1 Å². The van der Waals surface area contributed by atoms with E-state index in [9.17, 15) is 9.90 Å². The molecule has 0 fully saturated rings. The Morgan fingerprint density at radius 1 is 1.24 bits per heavy atom. The lowest BCUT2D eigenvalue weighted by atomic mass is 10.2. The minimum Gasteiger partial charge on any atom is -0.506 e. The number of carbonyl (C=O) groups excluding carboxylic acids is 1. The zero-order valence-electron chi connectivity index (χ0n) is 11.1. The second-order valence-corrected chi connectivity index (χ2v) is 4.95. The Labute approximate surface area is 131 Å². The van der Waals surface area contributed by atoms with Crippen LogP contribution >= 0.6 is 23.2 Å². The van der Waals surface area contributed by atoms with E-state index in [1.807, 2.05) is 30.3 Å². The fourth-order valence-corrected chi connectivity index (χ4v) is 2.27. The summed E-state index contributed by atoms with van der Waals surface area (Å²) in [5.41, 5.74) is 0.729. The lowest BCUT2D eigenvalue weighted by Gasteiger charge is -2.13. The summed E-state index contributed by atoms with van der Waals surface area (Å²) in [5, 5.41) is 9.57. The van der Waals surface area contributed by atoms with Gasteiger partial charge in [0, 0.05) is 6.07 Å². The van der Waals surface area contributed by atoms with Crippen molar-refractivity contribution in [3.63, 3.8) is 0 Å². The van der Waals surface area contributed by atoms with Gasteiger partial charge in [-0.2, -0.15) is 0 Å². The van der Waals surface area contributed by atoms with E-state index in [2.05, 4.69) is 0 Å². The fraction of sp³-hybridized carbons (Fsp3) is 0.133. The number of phenolic OH excluding ortho intramolecular Hbond substituents is 1. The summed E-state index contributed by atoms with van der Waals surface area (Å²) in [4.78, 5) is 12.2. The van der Waals surface area contributed by atoms with Crippen molar-refractivity contribution >= 4 is 29.2 Å². The number of phenols is 1. The number of halogens is 2. The van der Waals surface area contributed by atoms with E-state index in [1.54, 1.807) is 0 Å². The van der Waals surface area contributed by atoms with Crippen molar-refractivity contribution in [2.24, 2.45) is 0 Å². The number of aromatic hydroxyl groups is 1. The average molecular weight is 327 g/mol. The number of methoxy groups -OCH3 is 1. The van der Waals surface area contributed by atoms with Crippen LogP contribution in [0.1, 0.15) is 15.9 Å². The second-order valence-electron chi connectivity index (χ2n) is 4.16. The molecule has 0 aromatic heterocycles.